The minimum Gasteiger partial charge on any atom is -0.444 e. The normalized spacial score (nSPS) is 21.8. The van der Waals surface area contributed by atoms with E-state index in [1.165, 1.54) is 12.1 Å². The third kappa shape index (κ3) is 7.35. The van der Waals surface area contributed by atoms with Crippen molar-refractivity contribution < 1.29 is 14.3 Å². The molecule has 0 aliphatic carbocycles. The van der Waals surface area contributed by atoms with Crippen LogP contribution in [-0.4, -0.2) is 98.4 Å². The molecule has 226 valence electrons. The highest BCUT2D eigenvalue weighted by atomic mass is 28.3. The number of para-hydroxylation sites is 1. The second kappa shape index (κ2) is 11.8. The van der Waals surface area contributed by atoms with Gasteiger partial charge in [-0.15, -0.1) is 10.2 Å². The van der Waals surface area contributed by atoms with Crippen LogP contribution >= 0.6 is 0 Å². The summed E-state index contributed by atoms with van der Waals surface area (Å²) in [5.74, 6) is 1.73. The van der Waals surface area contributed by atoms with E-state index in [0.29, 0.717) is 32.9 Å². The molecule has 1 amide bonds. The van der Waals surface area contributed by atoms with Crippen molar-refractivity contribution in [1.82, 2.24) is 19.7 Å². The van der Waals surface area contributed by atoms with Crippen LogP contribution in [-0.2, 0) is 16.2 Å². The number of hydrogen-bond donors (Lipinski definition) is 0. The summed E-state index contributed by atoms with van der Waals surface area (Å²) in [6.45, 7) is 20.7. The first-order valence-electron chi connectivity index (χ1n) is 15.2. The Morgan fingerprint density at radius 3 is 2.12 bits per heavy atom. The van der Waals surface area contributed by atoms with E-state index in [9.17, 15) is 4.79 Å². The second-order valence-corrected chi connectivity index (χ2v) is 19.8. The van der Waals surface area contributed by atoms with Gasteiger partial charge in [-0.3, -0.25) is 4.57 Å². The van der Waals surface area contributed by atoms with Crippen LogP contribution in [0, 0.1) is 5.41 Å². The summed E-state index contributed by atoms with van der Waals surface area (Å²) in [6, 6.07) is 11.9. The number of hydrogen-bond acceptors (Lipinski definition) is 8. The van der Waals surface area contributed by atoms with Gasteiger partial charge in [0.15, 0.2) is 0 Å². The maximum Gasteiger partial charge on any atom is 0.410 e. The number of carbonyl (C=O) groups excluding carboxylic acids is 1. The maximum absolute atomic E-state index is 12.6. The quantitative estimate of drug-likeness (QED) is 0.325. The van der Waals surface area contributed by atoms with Gasteiger partial charge in [-0.1, -0.05) is 37.8 Å². The fourth-order valence-corrected chi connectivity index (χ4v) is 6.81. The number of anilines is 3. The van der Waals surface area contributed by atoms with Crippen LogP contribution in [0.1, 0.15) is 33.6 Å². The lowest BCUT2D eigenvalue weighted by Gasteiger charge is -2.36. The molecule has 41 heavy (non-hydrogen) atoms. The van der Waals surface area contributed by atoms with Crippen molar-refractivity contribution in [2.75, 3.05) is 73.7 Å². The Kier molecular flexibility index (Phi) is 8.57. The van der Waals surface area contributed by atoms with Crippen LogP contribution in [0.25, 0.3) is 0 Å². The predicted octanol–water partition coefficient (Wildman–Crippen LogP) is 4.75. The van der Waals surface area contributed by atoms with Crippen molar-refractivity contribution in [3.63, 3.8) is 0 Å². The van der Waals surface area contributed by atoms with Gasteiger partial charge in [-0.25, -0.2) is 4.79 Å². The molecule has 0 bridgehead atoms. The minimum atomic E-state index is -1.20. The molecule has 3 aliphatic heterocycles. The number of carbonyl (C=O) groups is 1. The average molecular weight is 584 g/mol. The number of amides is 1. The number of aromatic nitrogens is 3. The van der Waals surface area contributed by atoms with Gasteiger partial charge in [0, 0.05) is 78.1 Å². The van der Waals surface area contributed by atoms with Crippen LogP contribution in [0.5, 0.6) is 0 Å². The third-order valence-electron chi connectivity index (χ3n) is 8.42. The number of nitrogens with zero attached hydrogens (tertiary/aromatic N) is 7. The first-order chi connectivity index (χ1) is 19.4. The molecule has 0 radical (unpaired) electrons. The Morgan fingerprint density at radius 1 is 0.878 bits per heavy atom. The van der Waals surface area contributed by atoms with Crippen LogP contribution in [0.3, 0.4) is 0 Å². The molecular formula is C30H49N7O3Si. The lowest BCUT2D eigenvalue weighted by molar-refractivity contribution is 0.0239. The molecule has 3 saturated heterocycles. The van der Waals surface area contributed by atoms with Crippen LogP contribution in [0.4, 0.5) is 22.4 Å². The van der Waals surface area contributed by atoms with Gasteiger partial charge in [0.25, 0.3) is 0 Å². The number of piperazine rings is 1. The molecule has 1 unspecified atom stereocenters. The Labute approximate surface area is 246 Å². The summed E-state index contributed by atoms with van der Waals surface area (Å²) in [4.78, 5) is 21.6. The van der Waals surface area contributed by atoms with Crippen LogP contribution in [0.2, 0.25) is 25.7 Å². The molecule has 10 nitrogen and oxygen atoms in total. The summed E-state index contributed by atoms with van der Waals surface area (Å²) < 4.78 is 14.0. The molecule has 11 heteroatoms. The van der Waals surface area contributed by atoms with Crippen molar-refractivity contribution in [2.45, 2.75) is 71.6 Å². The Hall–Kier alpha value is -2.79. The molecule has 1 aromatic heterocycles. The van der Waals surface area contributed by atoms with Crippen molar-refractivity contribution in [3.8, 4) is 0 Å². The molecular weight excluding hydrogens is 534 g/mol. The first-order valence-corrected chi connectivity index (χ1v) is 18.9. The molecule has 1 atom stereocenters. The van der Waals surface area contributed by atoms with E-state index in [2.05, 4.69) is 69.2 Å². The molecule has 4 heterocycles. The summed E-state index contributed by atoms with van der Waals surface area (Å²) in [5.41, 5.74) is 1.08. The van der Waals surface area contributed by atoms with Crippen molar-refractivity contribution in [1.29, 1.82) is 0 Å². The first kappa shape index (κ1) is 29.7. The Morgan fingerprint density at radius 2 is 1.49 bits per heavy atom. The van der Waals surface area contributed by atoms with E-state index in [4.69, 9.17) is 19.7 Å². The van der Waals surface area contributed by atoms with E-state index in [0.717, 1.165) is 57.1 Å². The number of benzene rings is 1. The summed E-state index contributed by atoms with van der Waals surface area (Å²) in [6.07, 6.45) is 2.10. The molecule has 0 N–H and O–H groups in total. The lowest BCUT2D eigenvalue weighted by atomic mass is 9.86. The lowest BCUT2D eigenvalue weighted by Crippen LogP contribution is -2.50. The van der Waals surface area contributed by atoms with Crippen LogP contribution in [0.15, 0.2) is 30.3 Å². The standard InChI is InChI=1S/C30H49N7O3Si/c1-29(2,3)40-28(38)34-18-16-33(17-19-34)26-31-32-27(37(26)24-39-20-21-41(4,5)6)36-15-13-30(23-36)12-14-35(22-30)25-10-8-7-9-11-25/h7-11H,12-24H2,1-6H3. The largest absolute Gasteiger partial charge is 0.444 e. The van der Waals surface area contributed by atoms with E-state index >= 15 is 0 Å². The van der Waals surface area contributed by atoms with Gasteiger partial charge in [-0.2, -0.15) is 0 Å². The van der Waals surface area contributed by atoms with Gasteiger partial charge in [0.05, 0.1) is 0 Å². The van der Waals surface area contributed by atoms with Gasteiger partial charge in [0.1, 0.15) is 12.3 Å². The van der Waals surface area contributed by atoms with Gasteiger partial charge >= 0.3 is 6.09 Å². The molecule has 0 saturated carbocycles. The molecule has 5 rings (SSSR count). The molecule has 2 aromatic rings. The van der Waals surface area contributed by atoms with E-state index in [1.54, 1.807) is 4.90 Å². The zero-order chi connectivity index (χ0) is 29.3. The van der Waals surface area contributed by atoms with Gasteiger partial charge < -0.3 is 29.1 Å². The zero-order valence-corrected chi connectivity index (χ0v) is 26.9. The summed E-state index contributed by atoms with van der Waals surface area (Å²) in [5, 5.41) is 9.44. The van der Waals surface area contributed by atoms with Crippen molar-refractivity contribution in [2.24, 2.45) is 5.41 Å². The number of ether oxygens (including phenoxy) is 2. The zero-order valence-electron chi connectivity index (χ0n) is 25.9. The SMILES string of the molecule is CC(C)(C)OC(=O)N1CCN(c2nnc(N3CCC4(CCN(c5ccccc5)C4)C3)n2COCC[Si](C)(C)C)CC1. The van der Waals surface area contributed by atoms with Crippen LogP contribution < -0.4 is 14.7 Å². The molecule has 3 aliphatic rings. The Bertz CT molecular complexity index is 1170. The third-order valence-corrected chi connectivity index (χ3v) is 10.1. The predicted molar refractivity (Wildman–Crippen MR) is 167 cm³/mol. The van der Waals surface area contributed by atoms with Gasteiger partial charge in [0.2, 0.25) is 11.9 Å². The average Bonchev–Trinajstić information content (AvgIpc) is 3.64. The fraction of sp³-hybridized carbons (Fsp3) is 0.700. The number of rotatable bonds is 8. The van der Waals surface area contributed by atoms with Crippen molar-refractivity contribution in [3.05, 3.63) is 30.3 Å². The molecule has 1 aromatic carbocycles. The highest BCUT2D eigenvalue weighted by molar-refractivity contribution is 6.76. The smallest absolute Gasteiger partial charge is 0.410 e. The fourth-order valence-electron chi connectivity index (χ4n) is 6.05. The second-order valence-electron chi connectivity index (χ2n) is 14.2. The van der Waals surface area contributed by atoms with E-state index < -0.39 is 13.7 Å². The topological polar surface area (TPSA) is 79.2 Å². The monoisotopic (exact) mass is 583 g/mol. The molecule has 3 fully saturated rings. The van der Waals surface area contributed by atoms with E-state index in [1.807, 2.05) is 20.8 Å². The van der Waals surface area contributed by atoms with Crippen molar-refractivity contribution >= 4 is 31.8 Å². The summed E-state index contributed by atoms with van der Waals surface area (Å²) in [7, 11) is -1.20. The minimum absolute atomic E-state index is 0.252. The highest BCUT2D eigenvalue weighted by Crippen LogP contribution is 2.42. The maximum atomic E-state index is 12.6. The van der Waals surface area contributed by atoms with Gasteiger partial charge in [-0.05, 0) is 51.8 Å². The van der Waals surface area contributed by atoms with E-state index in [-0.39, 0.29) is 11.5 Å². The highest BCUT2D eigenvalue weighted by Gasteiger charge is 2.45. The summed E-state index contributed by atoms with van der Waals surface area (Å²) >= 11 is 0. The molecule has 1 spiro atoms. The Balaban J connectivity index is 1.28.